The van der Waals surface area contributed by atoms with Crippen molar-refractivity contribution >= 4 is 15.5 Å². The highest BCUT2D eigenvalue weighted by Crippen LogP contribution is 2.29. The van der Waals surface area contributed by atoms with Crippen LogP contribution in [0.5, 0.6) is 0 Å². The second kappa shape index (κ2) is 4.76. The molecule has 2 bridgehead atoms. The van der Waals surface area contributed by atoms with Crippen LogP contribution < -0.4 is 5.32 Å². The summed E-state index contributed by atoms with van der Waals surface area (Å²) in [6, 6.07) is 3.87. The van der Waals surface area contributed by atoms with E-state index in [1.165, 1.54) is 25.8 Å². The molecule has 3 atom stereocenters. The van der Waals surface area contributed by atoms with E-state index in [0.717, 1.165) is 18.7 Å². The lowest BCUT2D eigenvalue weighted by Crippen LogP contribution is -2.39. The summed E-state index contributed by atoms with van der Waals surface area (Å²) in [6.45, 7) is 3.56. The summed E-state index contributed by atoms with van der Waals surface area (Å²) in [5.74, 6) is 0.711. The van der Waals surface area contributed by atoms with Crippen molar-refractivity contribution < 1.29 is 8.42 Å². The van der Waals surface area contributed by atoms with Gasteiger partial charge in [0, 0.05) is 25.4 Å². The monoisotopic (exact) mass is 281 g/mol. The average Bonchev–Trinajstić information content (AvgIpc) is 2.75. The average molecular weight is 281 g/mol. The number of nitrogens with zero attached hydrogens (tertiary/aromatic N) is 2. The van der Waals surface area contributed by atoms with Crippen LogP contribution >= 0.6 is 0 Å². The first kappa shape index (κ1) is 12.9. The van der Waals surface area contributed by atoms with E-state index in [1.807, 2.05) is 6.07 Å². The SMILES string of the molecule is CS(=O)(=O)c1ccc(NC2CCN3CCC2C3)cn1. The van der Waals surface area contributed by atoms with Crippen LogP contribution in [-0.4, -0.2) is 50.2 Å². The topological polar surface area (TPSA) is 62.3 Å². The third kappa shape index (κ3) is 2.74. The van der Waals surface area contributed by atoms with E-state index in [2.05, 4.69) is 15.2 Å². The van der Waals surface area contributed by atoms with E-state index in [9.17, 15) is 8.42 Å². The Kier molecular flexibility index (Phi) is 3.22. The Hall–Kier alpha value is -1.14. The molecule has 2 fully saturated rings. The van der Waals surface area contributed by atoms with Gasteiger partial charge in [-0.15, -0.1) is 0 Å². The fraction of sp³-hybridized carbons (Fsp3) is 0.615. The molecule has 2 saturated heterocycles. The molecule has 1 N–H and O–H groups in total. The first-order valence-electron chi connectivity index (χ1n) is 6.67. The largest absolute Gasteiger partial charge is 0.381 e. The van der Waals surface area contributed by atoms with Gasteiger partial charge in [0.2, 0.25) is 0 Å². The van der Waals surface area contributed by atoms with E-state index in [0.29, 0.717) is 12.0 Å². The number of sulfone groups is 1. The zero-order valence-corrected chi connectivity index (χ0v) is 11.9. The van der Waals surface area contributed by atoms with Crippen molar-refractivity contribution in [2.45, 2.75) is 23.9 Å². The lowest BCUT2D eigenvalue weighted by molar-refractivity contribution is 0.255. The maximum atomic E-state index is 11.3. The molecule has 0 saturated carbocycles. The van der Waals surface area contributed by atoms with Gasteiger partial charge in [0.25, 0.3) is 0 Å². The number of fused-ring (bicyclic) bond motifs is 2. The minimum absolute atomic E-state index is 0.133. The summed E-state index contributed by atoms with van der Waals surface area (Å²) in [4.78, 5) is 6.52. The van der Waals surface area contributed by atoms with Crippen LogP contribution in [0, 0.1) is 5.92 Å². The number of anilines is 1. The molecule has 5 nitrogen and oxygen atoms in total. The first-order valence-corrected chi connectivity index (χ1v) is 8.56. The Morgan fingerprint density at radius 1 is 1.32 bits per heavy atom. The van der Waals surface area contributed by atoms with Crippen molar-refractivity contribution in [3.8, 4) is 0 Å². The molecule has 0 spiro atoms. The van der Waals surface area contributed by atoms with E-state index >= 15 is 0 Å². The van der Waals surface area contributed by atoms with Crippen LogP contribution in [-0.2, 0) is 9.84 Å². The summed E-state index contributed by atoms with van der Waals surface area (Å²) in [6.07, 6.45) is 5.21. The molecule has 3 heterocycles. The summed E-state index contributed by atoms with van der Waals surface area (Å²) in [7, 11) is -3.21. The molecular weight excluding hydrogens is 262 g/mol. The second-order valence-corrected chi connectivity index (χ2v) is 7.51. The Morgan fingerprint density at radius 3 is 2.79 bits per heavy atom. The highest BCUT2D eigenvalue weighted by atomic mass is 32.2. The third-order valence-electron chi connectivity index (χ3n) is 4.10. The number of rotatable bonds is 3. The highest BCUT2D eigenvalue weighted by Gasteiger charge is 2.34. The number of hydrogen-bond acceptors (Lipinski definition) is 5. The molecule has 3 rings (SSSR count). The molecule has 1 aromatic rings. The summed E-state index contributed by atoms with van der Waals surface area (Å²) in [5.41, 5.74) is 0.915. The number of pyridine rings is 1. The molecule has 104 valence electrons. The summed E-state index contributed by atoms with van der Waals surface area (Å²) >= 11 is 0. The maximum absolute atomic E-state index is 11.3. The molecule has 0 aliphatic carbocycles. The molecule has 2 aliphatic rings. The van der Waals surface area contributed by atoms with Crippen molar-refractivity contribution in [1.82, 2.24) is 9.88 Å². The molecule has 0 amide bonds. The third-order valence-corrected chi connectivity index (χ3v) is 5.10. The van der Waals surface area contributed by atoms with Crippen molar-refractivity contribution in [2.24, 2.45) is 5.92 Å². The zero-order chi connectivity index (χ0) is 13.5. The van der Waals surface area contributed by atoms with Crippen molar-refractivity contribution in [3.63, 3.8) is 0 Å². The number of nitrogens with one attached hydrogen (secondary N) is 1. The molecule has 2 aliphatic heterocycles. The number of aromatic nitrogens is 1. The van der Waals surface area contributed by atoms with Gasteiger partial charge < -0.3 is 10.2 Å². The van der Waals surface area contributed by atoms with Gasteiger partial charge in [-0.25, -0.2) is 13.4 Å². The lowest BCUT2D eigenvalue weighted by Gasteiger charge is -2.31. The molecular formula is C13H19N3O2S. The van der Waals surface area contributed by atoms with Crippen LogP contribution in [0.15, 0.2) is 23.4 Å². The standard InChI is InChI=1S/C13H19N3O2S/c1-19(17,18)13-3-2-11(8-14-13)15-12-5-7-16-6-4-10(12)9-16/h2-3,8,10,12,15H,4-7,9H2,1H3. The van der Waals surface area contributed by atoms with E-state index in [4.69, 9.17) is 0 Å². The number of hydrogen-bond donors (Lipinski definition) is 1. The molecule has 6 heteroatoms. The van der Waals surface area contributed by atoms with Crippen LogP contribution in [0.4, 0.5) is 5.69 Å². The predicted octanol–water partition coefficient (Wildman–Crippen LogP) is 0.991. The molecule has 0 radical (unpaired) electrons. The summed E-state index contributed by atoms with van der Waals surface area (Å²) < 4.78 is 22.7. The zero-order valence-electron chi connectivity index (χ0n) is 11.0. The minimum atomic E-state index is -3.21. The highest BCUT2D eigenvalue weighted by molar-refractivity contribution is 7.90. The van der Waals surface area contributed by atoms with Gasteiger partial charge in [-0.1, -0.05) is 0 Å². The summed E-state index contributed by atoms with van der Waals surface area (Å²) in [5, 5.41) is 3.64. The Balaban J connectivity index is 1.70. The van der Waals surface area contributed by atoms with Crippen LogP contribution in [0.1, 0.15) is 12.8 Å². The molecule has 1 aromatic heterocycles. The molecule has 19 heavy (non-hydrogen) atoms. The smallest absolute Gasteiger partial charge is 0.192 e. The Labute approximate surface area is 113 Å². The van der Waals surface area contributed by atoms with Crippen LogP contribution in [0.3, 0.4) is 0 Å². The fourth-order valence-electron chi connectivity index (χ4n) is 3.04. The quantitative estimate of drug-likeness (QED) is 0.895. The van der Waals surface area contributed by atoms with Crippen LogP contribution in [0.25, 0.3) is 0 Å². The van der Waals surface area contributed by atoms with Gasteiger partial charge in [-0.05, 0) is 37.4 Å². The molecule has 3 unspecified atom stereocenters. The Morgan fingerprint density at radius 2 is 2.11 bits per heavy atom. The fourth-order valence-corrected chi connectivity index (χ4v) is 3.60. The van der Waals surface area contributed by atoms with E-state index < -0.39 is 9.84 Å². The van der Waals surface area contributed by atoms with E-state index in [-0.39, 0.29) is 5.03 Å². The van der Waals surface area contributed by atoms with Gasteiger partial charge in [-0.2, -0.15) is 0 Å². The van der Waals surface area contributed by atoms with Crippen molar-refractivity contribution in [1.29, 1.82) is 0 Å². The van der Waals surface area contributed by atoms with Gasteiger partial charge in [0.15, 0.2) is 14.9 Å². The normalized spacial score (nSPS) is 30.3. The van der Waals surface area contributed by atoms with Gasteiger partial charge in [-0.3, -0.25) is 0 Å². The van der Waals surface area contributed by atoms with Crippen LogP contribution in [0.2, 0.25) is 0 Å². The molecule has 0 aromatic carbocycles. The van der Waals surface area contributed by atoms with Gasteiger partial charge in [0.05, 0.1) is 11.9 Å². The number of piperidine rings is 1. The lowest BCUT2D eigenvalue weighted by atomic mass is 9.94. The minimum Gasteiger partial charge on any atom is -0.381 e. The van der Waals surface area contributed by atoms with Crippen molar-refractivity contribution in [2.75, 3.05) is 31.2 Å². The van der Waals surface area contributed by atoms with E-state index in [1.54, 1.807) is 12.3 Å². The first-order chi connectivity index (χ1) is 9.02. The predicted molar refractivity (Wildman–Crippen MR) is 73.9 cm³/mol. The van der Waals surface area contributed by atoms with Gasteiger partial charge in [0.1, 0.15) is 0 Å². The van der Waals surface area contributed by atoms with Crippen molar-refractivity contribution in [3.05, 3.63) is 18.3 Å². The maximum Gasteiger partial charge on any atom is 0.192 e. The second-order valence-electron chi connectivity index (χ2n) is 5.55. The van der Waals surface area contributed by atoms with Gasteiger partial charge >= 0.3 is 0 Å². The Bertz CT molecular complexity index is 556.